The number of rotatable bonds is 5. The van der Waals surface area contributed by atoms with Gasteiger partial charge < -0.3 is 13.7 Å². The molecule has 0 saturated carbocycles. The Kier molecular flexibility index (Phi) is 6.22. The van der Waals surface area contributed by atoms with Crippen LogP contribution >= 0.6 is 0 Å². The number of hydrogen-bond acceptors (Lipinski definition) is 3. The molecule has 3 heteroatoms. The lowest BCUT2D eigenvalue weighted by molar-refractivity contribution is 0.619. The summed E-state index contributed by atoms with van der Waals surface area (Å²) in [7, 11) is 0. The Bertz CT molecular complexity index is 2730. The van der Waals surface area contributed by atoms with E-state index in [0.717, 1.165) is 55.9 Å². The number of furan rings is 2. The molecule has 9 aromatic rings. The van der Waals surface area contributed by atoms with Crippen LogP contribution in [0.25, 0.3) is 66.5 Å². The van der Waals surface area contributed by atoms with E-state index in [0.29, 0.717) is 0 Å². The minimum absolute atomic E-state index is 0.180. The van der Waals surface area contributed by atoms with Crippen molar-refractivity contribution in [2.75, 3.05) is 4.90 Å². The Hall–Kier alpha value is -6.32. The van der Waals surface area contributed by atoms with E-state index >= 15 is 0 Å². The van der Waals surface area contributed by atoms with Crippen LogP contribution in [0, 0.1) is 0 Å². The second-order valence-electron chi connectivity index (χ2n) is 13.8. The summed E-state index contributed by atoms with van der Waals surface area (Å²) in [5, 5.41) is 3.42. The molecule has 0 atom stereocenters. The molecule has 0 spiro atoms. The van der Waals surface area contributed by atoms with Gasteiger partial charge in [0.2, 0.25) is 0 Å². The van der Waals surface area contributed by atoms with E-state index in [1.807, 2.05) is 18.2 Å². The van der Waals surface area contributed by atoms with E-state index in [-0.39, 0.29) is 5.41 Å². The fraction of sp³-hybridized carbons (Fsp3) is 0.0638. The maximum atomic E-state index is 6.44. The van der Waals surface area contributed by atoms with Crippen molar-refractivity contribution >= 4 is 50.0 Å². The Morgan fingerprint density at radius 3 is 1.84 bits per heavy atom. The van der Waals surface area contributed by atoms with E-state index in [4.69, 9.17) is 8.83 Å². The van der Waals surface area contributed by atoms with Crippen LogP contribution in [0.15, 0.2) is 173 Å². The molecular formula is C47H33NO2. The molecule has 2 aromatic heterocycles. The minimum atomic E-state index is -0.180. The summed E-state index contributed by atoms with van der Waals surface area (Å²) in [6.07, 6.45) is 0. The van der Waals surface area contributed by atoms with Crippen molar-refractivity contribution in [3.05, 3.63) is 175 Å². The van der Waals surface area contributed by atoms with Gasteiger partial charge in [0.05, 0.1) is 0 Å². The highest BCUT2D eigenvalue weighted by atomic mass is 16.3. The average Bonchev–Trinajstić information content (AvgIpc) is 3.81. The molecule has 0 fully saturated rings. The molecule has 0 amide bonds. The zero-order valence-corrected chi connectivity index (χ0v) is 27.9. The lowest BCUT2D eigenvalue weighted by Crippen LogP contribution is -2.15. The molecular weight excluding hydrogens is 611 g/mol. The number of fused-ring (bicyclic) bond motifs is 8. The van der Waals surface area contributed by atoms with Crippen LogP contribution in [-0.2, 0) is 5.41 Å². The van der Waals surface area contributed by atoms with Crippen molar-refractivity contribution in [1.29, 1.82) is 0 Å². The fourth-order valence-electron chi connectivity index (χ4n) is 7.99. The third kappa shape index (κ3) is 4.37. The van der Waals surface area contributed by atoms with Crippen molar-refractivity contribution in [2.45, 2.75) is 19.3 Å². The van der Waals surface area contributed by atoms with Gasteiger partial charge in [-0.25, -0.2) is 0 Å². The molecule has 0 bridgehead atoms. The number of anilines is 3. The highest BCUT2D eigenvalue weighted by Gasteiger charge is 2.40. The van der Waals surface area contributed by atoms with E-state index in [1.54, 1.807) is 0 Å². The Balaban J connectivity index is 1.10. The maximum absolute atomic E-state index is 6.44. The van der Waals surface area contributed by atoms with Gasteiger partial charge in [0.25, 0.3) is 0 Å². The monoisotopic (exact) mass is 643 g/mol. The molecule has 0 saturated heterocycles. The molecule has 2 heterocycles. The normalized spacial score (nSPS) is 13.2. The predicted octanol–water partition coefficient (Wildman–Crippen LogP) is 13.4. The quantitative estimate of drug-likeness (QED) is 0.187. The topological polar surface area (TPSA) is 29.5 Å². The highest BCUT2D eigenvalue weighted by Crippen LogP contribution is 2.53. The second kappa shape index (κ2) is 10.8. The van der Waals surface area contributed by atoms with Crippen LogP contribution < -0.4 is 4.90 Å². The van der Waals surface area contributed by atoms with Gasteiger partial charge in [-0.3, -0.25) is 0 Å². The van der Waals surface area contributed by atoms with Crippen molar-refractivity contribution in [3.63, 3.8) is 0 Å². The third-order valence-electron chi connectivity index (χ3n) is 10.4. The predicted molar refractivity (Wildman–Crippen MR) is 207 cm³/mol. The molecule has 0 unspecified atom stereocenters. The number of benzene rings is 7. The van der Waals surface area contributed by atoms with Crippen LogP contribution in [0.5, 0.6) is 0 Å². The molecule has 1 aliphatic carbocycles. The molecule has 7 aromatic carbocycles. The summed E-state index contributed by atoms with van der Waals surface area (Å²) >= 11 is 0. The van der Waals surface area contributed by atoms with Crippen LogP contribution in [0.3, 0.4) is 0 Å². The van der Waals surface area contributed by atoms with Crippen molar-refractivity contribution in [1.82, 2.24) is 0 Å². The largest absolute Gasteiger partial charge is 0.456 e. The second-order valence-corrected chi connectivity index (χ2v) is 13.8. The van der Waals surface area contributed by atoms with Gasteiger partial charge in [-0.05, 0) is 88.5 Å². The number of nitrogens with zero attached hydrogens (tertiary/aromatic N) is 1. The maximum Gasteiger partial charge on any atom is 0.139 e. The smallest absolute Gasteiger partial charge is 0.139 e. The summed E-state index contributed by atoms with van der Waals surface area (Å²) in [6, 6.07) is 58.3. The SMILES string of the molecule is CC1(C)c2cc(-c3cccc(N(c4ccc(-c5ccccc5)cc4)c4ccc5oc6ccccc6c5c4)c3)ccc2-c2oc3ccccc3c21. The first-order valence-electron chi connectivity index (χ1n) is 17.2. The fourth-order valence-corrected chi connectivity index (χ4v) is 7.99. The Morgan fingerprint density at radius 1 is 0.420 bits per heavy atom. The van der Waals surface area contributed by atoms with Crippen LogP contribution in [0.4, 0.5) is 17.1 Å². The van der Waals surface area contributed by atoms with E-state index in [2.05, 4.69) is 164 Å². The van der Waals surface area contributed by atoms with Gasteiger partial charge in [-0.1, -0.05) is 117 Å². The van der Waals surface area contributed by atoms with Crippen molar-refractivity contribution in [2.24, 2.45) is 0 Å². The zero-order chi connectivity index (χ0) is 33.4. The lowest BCUT2D eigenvalue weighted by Gasteiger charge is -2.26. The standard InChI is InChI=1S/C47H33NO2/c1-47(2)41-28-33(21-25-38(41)46-45(47)39-16-7-9-18-43(39)50-46)32-13-10-14-35(27-32)48(34-22-19-31(20-23-34)30-11-4-3-5-12-30)36-24-26-44-40(29-36)37-15-6-8-17-42(37)49-44/h3-29H,1-2H3. The lowest BCUT2D eigenvalue weighted by atomic mass is 9.80. The summed E-state index contributed by atoms with van der Waals surface area (Å²) < 4.78 is 12.7. The minimum Gasteiger partial charge on any atom is -0.456 e. The zero-order valence-electron chi connectivity index (χ0n) is 27.9. The summed E-state index contributed by atoms with van der Waals surface area (Å²) in [4.78, 5) is 2.34. The van der Waals surface area contributed by atoms with Crippen LogP contribution in [0.2, 0.25) is 0 Å². The summed E-state index contributed by atoms with van der Waals surface area (Å²) in [5.41, 5.74) is 14.3. The third-order valence-corrected chi connectivity index (χ3v) is 10.4. The first-order valence-corrected chi connectivity index (χ1v) is 17.2. The molecule has 0 N–H and O–H groups in total. The molecule has 238 valence electrons. The van der Waals surface area contributed by atoms with Crippen molar-refractivity contribution < 1.29 is 8.83 Å². The average molecular weight is 644 g/mol. The van der Waals surface area contributed by atoms with Gasteiger partial charge >= 0.3 is 0 Å². The van der Waals surface area contributed by atoms with Gasteiger partial charge in [-0.15, -0.1) is 0 Å². The van der Waals surface area contributed by atoms with Gasteiger partial charge in [0.15, 0.2) is 0 Å². The van der Waals surface area contributed by atoms with E-state index < -0.39 is 0 Å². The van der Waals surface area contributed by atoms with Gasteiger partial charge in [0, 0.05) is 49.8 Å². The molecule has 3 nitrogen and oxygen atoms in total. The molecule has 0 aliphatic heterocycles. The molecule has 1 aliphatic rings. The first kappa shape index (κ1) is 28.7. The summed E-state index contributed by atoms with van der Waals surface area (Å²) in [5.74, 6) is 0.999. The Morgan fingerprint density at radius 2 is 1.02 bits per heavy atom. The van der Waals surface area contributed by atoms with Crippen molar-refractivity contribution in [3.8, 4) is 33.6 Å². The van der Waals surface area contributed by atoms with Crippen LogP contribution in [-0.4, -0.2) is 0 Å². The van der Waals surface area contributed by atoms with Gasteiger partial charge in [0.1, 0.15) is 22.5 Å². The molecule has 50 heavy (non-hydrogen) atoms. The Labute approximate surface area is 290 Å². The van der Waals surface area contributed by atoms with Crippen LogP contribution in [0.1, 0.15) is 25.0 Å². The van der Waals surface area contributed by atoms with E-state index in [1.165, 1.54) is 38.8 Å². The molecule has 10 rings (SSSR count). The number of para-hydroxylation sites is 2. The molecule has 0 radical (unpaired) electrons. The van der Waals surface area contributed by atoms with E-state index in [9.17, 15) is 0 Å². The van der Waals surface area contributed by atoms with Gasteiger partial charge in [-0.2, -0.15) is 0 Å². The summed E-state index contributed by atoms with van der Waals surface area (Å²) in [6.45, 7) is 4.63. The number of hydrogen-bond donors (Lipinski definition) is 0. The first-order chi connectivity index (χ1) is 24.5. The highest BCUT2D eigenvalue weighted by molar-refractivity contribution is 6.06.